The molecule has 0 saturated heterocycles. The fraction of sp³-hybridized carbons (Fsp3) is 0. The molecule has 12 aromatic rings. The van der Waals surface area contributed by atoms with Gasteiger partial charge in [-0.05, 0) is 62.3 Å². The van der Waals surface area contributed by atoms with Gasteiger partial charge in [0.05, 0.1) is 5.52 Å². The maximum atomic E-state index is 7.02. The van der Waals surface area contributed by atoms with Crippen molar-refractivity contribution in [1.29, 1.82) is 0 Å². The molecule has 0 saturated carbocycles. The lowest BCUT2D eigenvalue weighted by Crippen LogP contribution is -1.98. The largest absolute Gasteiger partial charge is 0.453 e. The normalized spacial score (nSPS) is 12.1. The summed E-state index contributed by atoms with van der Waals surface area (Å²) in [7, 11) is 0. The fourth-order valence-corrected chi connectivity index (χ4v) is 8.44. The van der Waals surface area contributed by atoms with Crippen molar-refractivity contribution >= 4 is 92.9 Å². The molecule has 8 bridgehead atoms. The lowest BCUT2D eigenvalue weighted by molar-refractivity contribution is 0.675. The quantitative estimate of drug-likeness (QED) is 0.181. The number of benzene rings is 8. The predicted octanol–water partition coefficient (Wildman–Crippen LogP) is 12.8. The Hall–Kier alpha value is -7.37. The molecule has 5 heteroatoms. The van der Waals surface area contributed by atoms with Crippen molar-refractivity contribution in [3.8, 4) is 22.5 Å². The average molecular weight is 689 g/mol. The van der Waals surface area contributed by atoms with E-state index in [9.17, 15) is 0 Å². The summed E-state index contributed by atoms with van der Waals surface area (Å²) in [4.78, 5) is 15.7. The summed E-state index contributed by atoms with van der Waals surface area (Å²) in [5, 5.41) is 12.0. The van der Waals surface area contributed by atoms with Gasteiger partial charge in [0.1, 0.15) is 11.1 Å². The standard InChI is InChI=1S/C49H28N4O/c1-2-15-36-29(9-1)10-7-17-37(36)30-21-23-31(24-22-30)47-50-48-35-14-6-12-33(28-35)32-11-5-13-34(27-32)38-18-8-19-41-42-26-25-40-39-16-3-4-20-43(39)53(49(51-47)52-48)44(40)46(42)54-45(38)41/h1-28H. The monoisotopic (exact) mass is 688 g/mol. The summed E-state index contributed by atoms with van der Waals surface area (Å²) in [5.41, 5.74) is 7.44. The van der Waals surface area contributed by atoms with Gasteiger partial charge < -0.3 is 4.42 Å². The van der Waals surface area contributed by atoms with E-state index >= 15 is 0 Å². The SMILES string of the molecule is c1cc2cc(c1)c1nc(-c3ccc(-c4cccc5ccccc45)cc3)nc(n1)n1c3ccccc3c3ccc4c5cccc(c6cccc2c6)c5oc4c31. The third-order valence-corrected chi connectivity index (χ3v) is 11.0. The summed E-state index contributed by atoms with van der Waals surface area (Å²) in [5.74, 6) is 1.13. The molecule has 0 unspecified atom stereocenters. The van der Waals surface area contributed by atoms with Crippen LogP contribution in [0.25, 0.3) is 115 Å². The Labute approximate surface area is 308 Å². The van der Waals surface area contributed by atoms with Crippen LogP contribution in [0.1, 0.15) is 0 Å². The van der Waals surface area contributed by atoms with Crippen LogP contribution in [0.3, 0.4) is 0 Å². The highest BCUT2D eigenvalue weighted by Crippen LogP contribution is 2.40. The van der Waals surface area contributed by atoms with Crippen LogP contribution >= 0.6 is 0 Å². The Balaban J connectivity index is 1.24. The number of para-hydroxylation sites is 2. The molecule has 4 heterocycles. The number of nitrogens with zero attached hydrogens (tertiary/aromatic N) is 4. The molecular formula is C49H28N4O. The Bertz CT molecular complexity index is 3550. The van der Waals surface area contributed by atoms with Gasteiger partial charge in [-0.3, -0.25) is 4.40 Å². The van der Waals surface area contributed by atoms with E-state index in [4.69, 9.17) is 19.4 Å². The molecular weight excluding hydrogens is 661 g/mol. The van der Waals surface area contributed by atoms with Crippen LogP contribution in [0.15, 0.2) is 174 Å². The van der Waals surface area contributed by atoms with Gasteiger partial charge in [-0.1, -0.05) is 146 Å². The van der Waals surface area contributed by atoms with E-state index in [2.05, 4.69) is 174 Å². The summed E-state index contributed by atoms with van der Waals surface area (Å²) in [6.07, 6.45) is 0. The highest BCUT2D eigenvalue weighted by Gasteiger charge is 2.19. The van der Waals surface area contributed by atoms with E-state index < -0.39 is 0 Å². The molecule has 0 aliphatic carbocycles. The molecule has 0 radical (unpaired) electrons. The molecule has 54 heavy (non-hydrogen) atoms. The Morgan fingerprint density at radius 3 is 1.89 bits per heavy atom. The molecule has 12 rings (SSSR count). The number of furan rings is 1. The van der Waals surface area contributed by atoms with Crippen LogP contribution in [0.2, 0.25) is 0 Å². The predicted molar refractivity (Wildman–Crippen MR) is 223 cm³/mol. The molecule has 5 nitrogen and oxygen atoms in total. The molecule has 8 aromatic carbocycles. The van der Waals surface area contributed by atoms with Crippen molar-refractivity contribution < 1.29 is 4.42 Å². The van der Waals surface area contributed by atoms with Crippen molar-refractivity contribution in [2.24, 2.45) is 0 Å². The molecule has 0 spiro atoms. The molecule has 0 aliphatic rings. The zero-order chi connectivity index (χ0) is 35.3. The first-order valence-corrected chi connectivity index (χ1v) is 18.2. The van der Waals surface area contributed by atoms with Crippen LogP contribution < -0.4 is 0 Å². The lowest BCUT2D eigenvalue weighted by Gasteiger charge is -2.08. The minimum atomic E-state index is 0.536. The maximum absolute atomic E-state index is 7.02. The molecule has 0 aliphatic heterocycles. The van der Waals surface area contributed by atoms with E-state index in [-0.39, 0.29) is 0 Å². The molecule has 0 N–H and O–H groups in total. The summed E-state index contributed by atoms with van der Waals surface area (Å²) in [6.45, 7) is 0. The van der Waals surface area contributed by atoms with Crippen LogP contribution in [-0.2, 0) is 0 Å². The number of fused-ring (bicyclic) bond motifs is 15. The van der Waals surface area contributed by atoms with Gasteiger partial charge in [0.25, 0.3) is 0 Å². The zero-order valence-electron chi connectivity index (χ0n) is 28.9. The fourth-order valence-electron chi connectivity index (χ4n) is 8.44. The number of aromatic nitrogens is 4. The van der Waals surface area contributed by atoms with Crippen molar-refractivity contribution in [1.82, 2.24) is 19.4 Å². The molecule has 250 valence electrons. The van der Waals surface area contributed by atoms with Gasteiger partial charge in [-0.25, -0.2) is 4.98 Å². The molecule has 0 amide bonds. The van der Waals surface area contributed by atoms with Crippen molar-refractivity contribution in [2.45, 2.75) is 0 Å². The molecule has 4 aromatic heterocycles. The van der Waals surface area contributed by atoms with Crippen LogP contribution in [-0.4, -0.2) is 19.4 Å². The van der Waals surface area contributed by atoms with Gasteiger partial charge in [0.2, 0.25) is 5.78 Å². The van der Waals surface area contributed by atoms with Crippen molar-refractivity contribution in [3.63, 3.8) is 0 Å². The topological polar surface area (TPSA) is 56.2 Å². The van der Waals surface area contributed by atoms with Crippen molar-refractivity contribution in [2.75, 3.05) is 0 Å². The van der Waals surface area contributed by atoms with Gasteiger partial charge in [0, 0.05) is 37.9 Å². The second-order valence-corrected chi connectivity index (χ2v) is 14.0. The average Bonchev–Trinajstić information content (AvgIpc) is 3.79. The second kappa shape index (κ2) is 11.1. The van der Waals surface area contributed by atoms with E-state index in [0.29, 0.717) is 17.2 Å². The number of hydrogen-bond donors (Lipinski definition) is 0. The minimum absolute atomic E-state index is 0.536. The number of hydrogen-bond acceptors (Lipinski definition) is 4. The first-order chi connectivity index (χ1) is 26.7. The third kappa shape index (κ3) is 4.24. The lowest BCUT2D eigenvalue weighted by atomic mass is 9.97. The summed E-state index contributed by atoms with van der Waals surface area (Å²) < 4.78 is 9.18. The van der Waals surface area contributed by atoms with E-state index in [1.165, 1.54) is 16.3 Å². The van der Waals surface area contributed by atoms with E-state index in [0.717, 1.165) is 81.8 Å². The minimum Gasteiger partial charge on any atom is -0.453 e. The van der Waals surface area contributed by atoms with Gasteiger partial charge in [-0.15, -0.1) is 0 Å². The summed E-state index contributed by atoms with van der Waals surface area (Å²) >= 11 is 0. The zero-order valence-corrected chi connectivity index (χ0v) is 28.9. The van der Waals surface area contributed by atoms with Crippen molar-refractivity contribution in [3.05, 3.63) is 170 Å². The number of rotatable bonds is 2. The highest BCUT2D eigenvalue weighted by molar-refractivity contribution is 6.23. The second-order valence-electron chi connectivity index (χ2n) is 14.0. The Morgan fingerprint density at radius 1 is 0.389 bits per heavy atom. The molecule has 0 fully saturated rings. The van der Waals surface area contributed by atoms with Crippen LogP contribution in [0.5, 0.6) is 0 Å². The van der Waals surface area contributed by atoms with Crippen LogP contribution in [0, 0.1) is 0 Å². The third-order valence-electron chi connectivity index (χ3n) is 11.0. The first kappa shape index (κ1) is 29.2. The van der Waals surface area contributed by atoms with Gasteiger partial charge in [0.15, 0.2) is 17.1 Å². The van der Waals surface area contributed by atoms with E-state index in [1.54, 1.807) is 0 Å². The Kier molecular flexibility index (Phi) is 5.99. The Morgan fingerprint density at radius 2 is 1.00 bits per heavy atom. The van der Waals surface area contributed by atoms with Gasteiger partial charge in [-0.2, -0.15) is 9.97 Å². The van der Waals surface area contributed by atoms with Gasteiger partial charge >= 0.3 is 0 Å². The molecule has 0 atom stereocenters. The highest BCUT2D eigenvalue weighted by atomic mass is 16.3. The first-order valence-electron chi connectivity index (χ1n) is 18.2. The van der Waals surface area contributed by atoms with Crippen LogP contribution in [0.4, 0.5) is 0 Å². The summed E-state index contributed by atoms with van der Waals surface area (Å²) in [6, 6.07) is 60.0. The maximum Gasteiger partial charge on any atom is 0.238 e. The smallest absolute Gasteiger partial charge is 0.238 e. The van der Waals surface area contributed by atoms with E-state index in [1.807, 2.05) is 0 Å².